The molecule has 2 aromatic heterocycles. The van der Waals surface area contributed by atoms with Gasteiger partial charge in [0.15, 0.2) is 5.76 Å². The van der Waals surface area contributed by atoms with E-state index < -0.39 is 10.0 Å². The van der Waals surface area contributed by atoms with Crippen molar-refractivity contribution in [3.63, 3.8) is 0 Å². The quantitative estimate of drug-likeness (QED) is 0.757. The molecule has 0 spiro atoms. The van der Waals surface area contributed by atoms with Gasteiger partial charge < -0.3 is 18.9 Å². The number of anilines is 1. The summed E-state index contributed by atoms with van der Waals surface area (Å²) in [4.78, 5) is 4.27. The lowest BCUT2D eigenvalue weighted by molar-refractivity contribution is 0.120. The molecule has 4 rings (SSSR count). The second kappa shape index (κ2) is 8.18. The summed E-state index contributed by atoms with van der Waals surface area (Å²) in [6.45, 7) is 3.87. The average molecular weight is 420 g/mol. The molecule has 1 N–H and O–H groups in total. The fourth-order valence-electron chi connectivity index (χ4n) is 3.70. The van der Waals surface area contributed by atoms with Crippen LogP contribution in [0.1, 0.15) is 43.6 Å². The Morgan fingerprint density at radius 3 is 2.76 bits per heavy atom. The zero-order valence-corrected chi connectivity index (χ0v) is 17.1. The molecule has 2 fully saturated rings. The Morgan fingerprint density at radius 2 is 2.07 bits per heavy atom. The van der Waals surface area contributed by atoms with Crippen LogP contribution in [0.25, 0.3) is 11.7 Å². The van der Waals surface area contributed by atoms with E-state index in [9.17, 15) is 13.7 Å². The van der Waals surface area contributed by atoms with Crippen LogP contribution >= 0.6 is 0 Å². The second-order valence-electron chi connectivity index (χ2n) is 7.32. The predicted molar refractivity (Wildman–Crippen MR) is 104 cm³/mol. The van der Waals surface area contributed by atoms with E-state index in [1.54, 1.807) is 6.92 Å². The molecule has 0 bridgehead atoms. The van der Waals surface area contributed by atoms with Crippen molar-refractivity contribution in [3.05, 3.63) is 17.5 Å². The van der Waals surface area contributed by atoms with E-state index >= 15 is 0 Å². The van der Waals surface area contributed by atoms with Crippen molar-refractivity contribution in [3.8, 4) is 17.7 Å². The summed E-state index contributed by atoms with van der Waals surface area (Å²) in [6.07, 6.45) is 4.78. The van der Waals surface area contributed by atoms with Gasteiger partial charge in [-0.2, -0.15) is 14.6 Å². The van der Waals surface area contributed by atoms with E-state index in [-0.39, 0.29) is 40.0 Å². The highest BCUT2D eigenvalue weighted by molar-refractivity contribution is 7.89. The first kappa shape index (κ1) is 19.9. The number of oxazole rings is 1. The Labute approximate surface area is 169 Å². The van der Waals surface area contributed by atoms with Gasteiger partial charge >= 0.3 is 0 Å². The number of nitrogens with zero attached hydrogens (tertiary/aromatic N) is 3. The summed E-state index contributed by atoms with van der Waals surface area (Å²) in [5, 5.41) is 12.4. The van der Waals surface area contributed by atoms with E-state index in [1.165, 1.54) is 10.4 Å². The fourth-order valence-corrected chi connectivity index (χ4v) is 5.38. The molecule has 10 heteroatoms. The summed E-state index contributed by atoms with van der Waals surface area (Å²) in [6, 6.07) is 3.41. The largest absolute Gasteiger partial charge is 0.455 e. The van der Waals surface area contributed by atoms with Crippen LogP contribution in [-0.2, 0) is 14.8 Å². The van der Waals surface area contributed by atoms with Crippen LogP contribution in [0, 0.1) is 18.3 Å². The third-order valence-electron chi connectivity index (χ3n) is 5.26. The molecule has 2 aromatic rings. The van der Waals surface area contributed by atoms with Gasteiger partial charge in [0.25, 0.3) is 5.89 Å². The maximum Gasteiger partial charge on any atom is 0.266 e. The van der Waals surface area contributed by atoms with E-state index in [4.69, 9.17) is 13.6 Å². The smallest absolute Gasteiger partial charge is 0.266 e. The Morgan fingerprint density at radius 1 is 1.28 bits per heavy atom. The molecule has 0 radical (unpaired) electrons. The number of aryl methyl sites for hydroxylation is 1. The summed E-state index contributed by atoms with van der Waals surface area (Å²) in [7, 11) is -3.64. The number of nitrogens with one attached hydrogen (secondary N) is 1. The Bertz CT molecular complexity index is 1010. The summed E-state index contributed by atoms with van der Waals surface area (Å²) < 4.78 is 44.3. The van der Waals surface area contributed by atoms with Gasteiger partial charge in [0.05, 0.1) is 6.10 Å². The molecule has 156 valence electrons. The second-order valence-corrected chi connectivity index (χ2v) is 9.23. The number of hydrogen-bond acceptors (Lipinski definition) is 8. The van der Waals surface area contributed by atoms with Crippen molar-refractivity contribution in [1.82, 2.24) is 9.29 Å². The van der Waals surface area contributed by atoms with Gasteiger partial charge in [0, 0.05) is 32.3 Å². The first-order valence-electron chi connectivity index (χ1n) is 9.86. The number of rotatable bonds is 6. The van der Waals surface area contributed by atoms with Crippen LogP contribution in [0.15, 0.2) is 19.8 Å². The van der Waals surface area contributed by atoms with Gasteiger partial charge in [-0.3, -0.25) is 0 Å². The summed E-state index contributed by atoms with van der Waals surface area (Å²) in [5.74, 6) is 0.753. The number of aromatic nitrogens is 1. The number of nitriles is 1. The van der Waals surface area contributed by atoms with Crippen LogP contribution in [0.2, 0.25) is 0 Å². The zero-order chi connectivity index (χ0) is 20.4. The summed E-state index contributed by atoms with van der Waals surface area (Å²) in [5.41, 5.74) is 0.0903. The van der Waals surface area contributed by atoms with Gasteiger partial charge in [0.1, 0.15) is 16.7 Å². The monoisotopic (exact) mass is 420 g/mol. The van der Waals surface area contributed by atoms with Crippen molar-refractivity contribution < 1.29 is 22.0 Å². The van der Waals surface area contributed by atoms with Gasteiger partial charge in [-0.15, -0.1) is 0 Å². The molecule has 0 aliphatic carbocycles. The normalized spacial score (nSPS) is 20.6. The van der Waals surface area contributed by atoms with Gasteiger partial charge in [0.2, 0.25) is 21.6 Å². The molecule has 4 heterocycles. The molecule has 2 saturated heterocycles. The van der Waals surface area contributed by atoms with Crippen LogP contribution in [0.4, 0.5) is 5.88 Å². The fraction of sp³-hybridized carbons (Fsp3) is 0.579. The van der Waals surface area contributed by atoms with Crippen molar-refractivity contribution in [2.75, 3.05) is 31.6 Å². The predicted octanol–water partition coefficient (Wildman–Crippen LogP) is 2.88. The van der Waals surface area contributed by atoms with Crippen molar-refractivity contribution >= 4 is 15.9 Å². The number of furan rings is 1. The highest BCUT2D eigenvalue weighted by atomic mass is 32.2. The van der Waals surface area contributed by atoms with E-state index in [0.717, 1.165) is 38.7 Å². The third-order valence-corrected chi connectivity index (χ3v) is 7.27. The lowest BCUT2D eigenvalue weighted by Gasteiger charge is -2.25. The van der Waals surface area contributed by atoms with Crippen LogP contribution in [0.3, 0.4) is 0 Å². The first-order chi connectivity index (χ1) is 14.0. The van der Waals surface area contributed by atoms with Crippen molar-refractivity contribution in [2.45, 2.75) is 50.0 Å². The Kier molecular flexibility index (Phi) is 5.63. The minimum Gasteiger partial charge on any atom is -0.455 e. The maximum absolute atomic E-state index is 13.0. The van der Waals surface area contributed by atoms with E-state index in [0.29, 0.717) is 19.6 Å². The van der Waals surface area contributed by atoms with E-state index in [1.807, 2.05) is 6.07 Å². The number of sulfonamides is 1. The molecule has 1 atom stereocenters. The molecule has 9 nitrogen and oxygen atoms in total. The average Bonchev–Trinajstić information content (AvgIpc) is 3.46. The van der Waals surface area contributed by atoms with Gasteiger partial charge in [-0.1, -0.05) is 6.42 Å². The highest BCUT2D eigenvalue weighted by Crippen LogP contribution is 2.33. The standard InChI is InChI=1S/C19H24N4O5S/c1-13-17(29(24,25)23-7-3-2-4-8-23)10-16(27-13)19-22-15(11-20)18(28-19)21-12-14-6-5-9-26-14/h10,14,21H,2-9,12H2,1H3/t14-/m1/s1. The zero-order valence-electron chi connectivity index (χ0n) is 16.3. The van der Waals surface area contributed by atoms with Crippen LogP contribution in [-0.4, -0.2) is 50.1 Å². The van der Waals surface area contributed by atoms with Gasteiger partial charge in [-0.25, -0.2) is 8.42 Å². The topological polar surface area (TPSA) is 122 Å². The molecule has 0 saturated carbocycles. The molecule has 2 aliphatic heterocycles. The molecule has 0 amide bonds. The Hall–Kier alpha value is -2.35. The molecule has 2 aliphatic rings. The molecule has 0 unspecified atom stereocenters. The lowest BCUT2D eigenvalue weighted by Crippen LogP contribution is -2.35. The minimum atomic E-state index is -3.64. The SMILES string of the molecule is Cc1oc(-c2nc(C#N)c(NC[C@H]3CCCO3)o2)cc1S(=O)(=O)N1CCCCC1. The first-order valence-corrected chi connectivity index (χ1v) is 11.3. The summed E-state index contributed by atoms with van der Waals surface area (Å²) >= 11 is 0. The van der Waals surface area contributed by atoms with Crippen molar-refractivity contribution in [2.24, 2.45) is 0 Å². The van der Waals surface area contributed by atoms with Crippen LogP contribution < -0.4 is 5.32 Å². The Balaban J connectivity index is 1.57. The van der Waals surface area contributed by atoms with Gasteiger partial charge in [-0.05, 0) is 32.6 Å². The molecule has 29 heavy (non-hydrogen) atoms. The number of piperidine rings is 1. The number of hydrogen-bond donors (Lipinski definition) is 1. The van der Waals surface area contributed by atoms with Crippen LogP contribution in [0.5, 0.6) is 0 Å². The highest BCUT2D eigenvalue weighted by Gasteiger charge is 2.31. The third kappa shape index (κ3) is 4.03. The van der Waals surface area contributed by atoms with Crippen molar-refractivity contribution in [1.29, 1.82) is 5.26 Å². The number of ether oxygens (including phenoxy) is 1. The lowest BCUT2D eigenvalue weighted by atomic mass is 10.2. The minimum absolute atomic E-state index is 0.0691. The molecular weight excluding hydrogens is 396 g/mol. The molecule has 0 aromatic carbocycles. The van der Waals surface area contributed by atoms with E-state index in [2.05, 4.69) is 10.3 Å². The molecular formula is C19H24N4O5S. The maximum atomic E-state index is 13.0.